The number of rotatable bonds is 5. The first-order valence-corrected chi connectivity index (χ1v) is 8.46. The number of hydrogen-bond donors (Lipinski definition) is 1. The molecule has 4 nitrogen and oxygen atoms in total. The average Bonchev–Trinajstić information content (AvgIpc) is 2.91. The highest BCUT2D eigenvalue weighted by Gasteiger charge is 2.32. The minimum atomic E-state index is -4.06. The fourth-order valence-electron chi connectivity index (χ4n) is 2.52. The highest BCUT2D eigenvalue weighted by molar-refractivity contribution is 7.89. The van der Waals surface area contributed by atoms with Gasteiger partial charge in [0.1, 0.15) is 16.5 Å². The van der Waals surface area contributed by atoms with Gasteiger partial charge in [0.25, 0.3) is 0 Å². The van der Waals surface area contributed by atoms with E-state index in [1.54, 1.807) is 13.8 Å². The van der Waals surface area contributed by atoms with Crippen LogP contribution in [0, 0.1) is 11.6 Å². The third-order valence-electron chi connectivity index (χ3n) is 3.62. The first-order valence-electron chi connectivity index (χ1n) is 7.02. The van der Waals surface area contributed by atoms with Crippen molar-refractivity contribution >= 4 is 10.0 Å². The maximum atomic E-state index is 13.8. The molecule has 0 saturated carbocycles. The Morgan fingerprint density at radius 2 is 2.10 bits per heavy atom. The van der Waals surface area contributed by atoms with Gasteiger partial charge in [-0.05, 0) is 51.4 Å². The quantitative estimate of drug-likeness (QED) is 0.905. The Hall–Kier alpha value is -1.05. The minimum absolute atomic E-state index is 0.0544. The molecule has 1 heterocycles. The van der Waals surface area contributed by atoms with E-state index >= 15 is 0 Å². The smallest absolute Gasteiger partial charge is 0.246 e. The Morgan fingerprint density at radius 3 is 2.67 bits per heavy atom. The number of nitrogens with zero attached hydrogens (tertiary/aromatic N) is 1. The van der Waals surface area contributed by atoms with Crippen molar-refractivity contribution in [3.05, 3.63) is 29.8 Å². The molecule has 0 bridgehead atoms. The molecule has 1 fully saturated rings. The van der Waals surface area contributed by atoms with Crippen LogP contribution in [0.15, 0.2) is 23.1 Å². The van der Waals surface area contributed by atoms with E-state index < -0.39 is 26.6 Å². The summed E-state index contributed by atoms with van der Waals surface area (Å²) in [6.45, 7) is 4.56. The van der Waals surface area contributed by atoms with E-state index in [2.05, 4.69) is 5.32 Å². The first-order chi connectivity index (χ1) is 9.82. The molecule has 1 aliphatic heterocycles. The fraction of sp³-hybridized carbons (Fsp3) is 0.571. The van der Waals surface area contributed by atoms with Gasteiger partial charge in [0.2, 0.25) is 10.0 Å². The van der Waals surface area contributed by atoms with Crippen LogP contribution in [0.1, 0.15) is 26.7 Å². The molecule has 1 aromatic carbocycles. The van der Waals surface area contributed by atoms with Gasteiger partial charge in [0, 0.05) is 18.6 Å². The third-order valence-corrected chi connectivity index (χ3v) is 5.68. The zero-order valence-electron chi connectivity index (χ0n) is 12.1. The summed E-state index contributed by atoms with van der Waals surface area (Å²) in [4.78, 5) is -0.603. The monoisotopic (exact) mass is 318 g/mol. The van der Waals surface area contributed by atoms with Gasteiger partial charge in [0.05, 0.1) is 0 Å². The number of benzene rings is 1. The Bertz CT molecular complexity index is 599. The summed E-state index contributed by atoms with van der Waals surface area (Å²) in [5.41, 5.74) is 0. The molecular formula is C14H20F2N2O2S. The molecule has 1 aliphatic rings. The van der Waals surface area contributed by atoms with Crippen LogP contribution < -0.4 is 5.32 Å². The molecule has 0 spiro atoms. The summed E-state index contributed by atoms with van der Waals surface area (Å²) in [6.07, 6.45) is 1.87. The van der Waals surface area contributed by atoms with Gasteiger partial charge in [-0.1, -0.05) is 0 Å². The van der Waals surface area contributed by atoms with Crippen LogP contribution in [-0.4, -0.2) is 37.9 Å². The fourth-order valence-corrected chi connectivity index (χ4v) is 4.28. The highest BCUT2D eigenvalue weighted by atomic mass is 32.2. The molecule has 2 rings (SSSR count). The lowest BCUT2D eigenvalue weighted by molar-refractivity contribution is 0.321. The van der Waals surface area contributed by atoms with Gasteiger partial charge in [-0.2, -0.15) is 4.31 Å². The van der Waals surface area contributed by atoms with Gasteiger partial charge in [-0.25, -0.2) is 17.2 Å². The van der Waals surface area contributed by atoms with Gasteiger partial charge in [-0.3, -0.25) is 0 Å². The molecule has 118 valence electrons. The van der Waals surface area contributed by atoms with Crippen LogP contribution in [0.2, 0.25) is 0 Å². The van der Waals surface area contributed by atoms with Gasteiger partial charge in [-0.15, -0.1) is 0 Å². The molecule has 1 atom stereocenters. The second-order valence-corrected chi connectivity index (χ2v) is 7.40. The van der Waals surface area contributed by atoms with Crippen molar-refractivity contribution in [2.45, 2.75) is 43.7 Å². The van der Waals surface area contributed by atoms with E-state index in [0.717, 1.165) is 37.6 Å². The Morgan fingerprint density at radius 1 is 1.38 bits per heavy atom. The molecule has 0 radical (unpaired) electrons. The van der Waals surface area contributed by atoms with E-state index in [0.29, 0.717) is 0 Å². The van der Waals surface area contributed by atoms with Crippen molar-refractivity contribution in [3.8, 4) is 0 Å². The van der Waals surface area contributed by atoms with E-state index in [4.69, 9.17) is 0 Å². The molecule has 1 aromatic rings. The topological polar surface area (TPSA) is 49.4 Å². The van der Waals surface area contributed by atoms with Gasteiger partial charge in [0.15, 0.2) is 0 Å². The Labute approximate surface area is 124 Å². The number of nitrogens with one attached hydrogen (secondary N) is 1. The van der Waals surface area contributed by atoms with Crippen molar-refractivity contribution < 1.29 is 17.2 Å². The Balaban J connectivity index is 2.34. The average molecular weight is 318 g/mol. The first kappa shape index (κ1) is 16.3. The Kier molecular flexibility index (Phi) is 4.95. The van der Waals surface area contributed by atoms with Crippen LogP contribution in [0.3, 0.4) is 0 Å². The standard InChI is InChI=1S/C14H20F2N2O2S/c1-10(2)18(9-12-4-3-7-17-12)21(19,20)14-8-11(15)5-6-13(14)16/h5-6,8,10,12,17H,3-4,7,9H2,1-2H3. The zero-order chi connectivity index (χ0) is 15.6. The molecule has 1 unspecified atom stereocenters. The molecule has 0 aliphatic carbocycles. The third kappa shape index (κ3) is 3.59. The summed E-state index contributed by atoms with van der Waals surface area (Å²) in [6, 6.07) is 2.21. The van der Waals surface area contributed by atoms with Crippen LogP contribution >= 0.6 is 0 Å². The molecule has 21 heavy (non-hydrogen) atoms. The minimum Gasteiger partial charge on any atom is -0.313 e. The molecule has 1 saturated heterocycles. The second kappa shape index (κ2) is 6.37. The molecule has 0 amide bonds. The highest BCUT2D eigenvalue weighted by Crippen LogP contribution is 2.23. The number of halogens is 2. The lowest BCUT2D eigenvalue weighted by atomic mass is 10.2. The number of sulfonamides is 1. The number of hydrogen-bond acceptors (Lipinski definition) is 3. The SMILES string of the molecule is CC(C)N(CC1CCCN1)S(=O)(=O)c1cc(F)ccc1F. The molecule has 1 N–H and O–H groups in total. The predicted molar refractivity (Wildman–Crippen MR) is 76.4 cm³/mol. The van der Waals surface area contributed by atoms with Crippen LogP contribution in [0.4, 0.5) is 8.78 Å². The van der Waals surface area contributed by atoms with Crippen molar-refractivity contribution in [3.63, 3.8) is 0 Å². The summed E-state index contributed by atoms with van der Waals surface area (Å²) in [5.74, 6) is -1.70. The van der Waals surface area contributed by atoms with E-state index in [9.17, 15) is 17.2 Å². The van der Waals surface area contributed by atoms with E-state index in [-0.39, 0.29) is 18.6 Å². The van der Waals surface area contributed by atoms with Crippen molar-refractivity contribution in [1.29, 1.82) is 0 Å². The van der Waals surface area contributed by atoms with Crippen LogP contribution in [0.25, 0.3) is 0 Å². The lowest BCUT2D eigenvalue weighted by Crippen LogP contribution is -2.44. The second-order valence-electron chi connectivity index (χ2n) is 5.54. The maximum Gasteiger partial charge on any atom is 0.246 e. The van der Waals surface area contributed by atoms with E-state index in [1.807, 2.05) is 0 Å². The normalized spacial score (nSPS) is 19.6. The van der Waals surface area contributed by atoms with E-state index in [1.165, 1.54) is 4.31 Å². The molecular weight excluding hydrogens is 298 g/mol. The summed E-state index contributed by atoms with van der Waals surface area (Å²) in [5, 5.41) is 3.22. The summed E-state index contributed by atoms with van der Waals surface area (Å²) >= 11 is 0. The molecule has 0 aromatic heterocycles. The van der Waals surface area contributed by atoms with Crippen molar-refractivity contribution in [2.24, 2.45) is 0 Å². The van der Waals surface area contributed by atoms with Gasteiger partial charge >= 0.3 is 0 Å². The maximum absolute atomic E-state index is 13.8. The van der Waals surface area contributed by atoms with Crippen molar-refractivity contribution in [1.82, 2.24) is 9.62 Å². The van der Waals surface area contributed by atoms with Gasteiger partial charge < -0.3 is 5.32 Å². The molecule has 7 heteroatoms. The predicted octanol–water partition coefficient (Wildman–Crippen LogP) is 2.12. The largest absolute Gasteiger partial charge is 0.313 e. The summed E-state index contributed by atoms with van der Waals surface area (Å²) in [7, 11) is -4.06. The lowest BCUT2D eigenvalue weighted by Gasteiger charge is -2.28. The van der Waals surface area contributed by atoms with Crippen LogP contribution in [-0.2, 0) is 10.0 Å². The zero-order valence-corrected chi connectivity index (χ0v) is 13.0. The van der Waals surface area contributed by atoms with Crippen LogP contribution in [0.5, 0.6) is 0 Å². The summed E-state index contributed by atoms with van der Waals surface area (Å²) < 4.78 is 53.6. The van der Waals surface area contributed by atoms with Crippen molar-refractivity contribution in [2.75, 3.05) is 13.1 Å².